The van der Waals surface area contributed by atoms with E-state index in [0.29, 0.717) is 33.4 Å². The van der Waals surface area contributed by atoms with E-state index in [0.717, 1.165) is 44.5 Å². The number of hydrogen-bond acceptors (Lipinski definition) is 5. The standard InChI is InChI=1S/C24H27BrCl2N2O4S/c25-17-2-1-3-21(14-17)34(31,32)28-24(30)16-4-6-18(7-5-16)29-12-10-19(11-13-29)33-20-8-9-22(26)23(27)15-20/h1-3,8-9,14-16,18-19H,4-7,10-13H2,(H,28,30)/t16-,18-. The molecular weight excluding hydrogens is 563 g/mol. The zero-order valence-electron chi connectivity index (χ0n) is 18.6. The zero-order chi connectivity index (χ0) is 24.3. The highest BCUT2D eigenvalue weighted by atomic mass is 79.9. The Labute approximate surface area is 219 Å². The molecule has 34 heavy (non-hydrogen) atoms. The number of halogens is 3. The van der Waals surface area contributed by atoms with Gasteiger partial charge in [0.1, 0.15) is 11.9 Å². The number of ether oxygens (including phenoxy) is 1. The van der Waals surface area contributed by atoms with Gasteiger partial charge < -0.3 is 9.64 Å². The van der Waals surface area contributed by atoms with E-state index in [-0.39, 0.29) is 16.9 Å². The maximum atomic E-state index is 12.7. The molecule has 184 valence electrons. The summed E-state index contributed by atoms with van der Waals surface area (Å²) in [5, 5.41) is 1.00. The fourth-order valence-electron chi connectivity index (χ4n) is 4.71. The van der Waals surface area contributed by atoms with E-state index in [1.54, 1.807) is 24.3 Å². The lowest BCUT2D eigenvalue weighted by atomic mass is 9.84. The van der Waals surface area contributed by atoms with E-state index in [4.69, 9.17) is 27.9 Å². The minimum Gasteiger partial charge on any atom is -0.490 e. The third kappa shape index (κ3) is 6.46. The first-order valence-corrected chi connectivity index (χ1v) is 14.4. The minimum atomic E-state index is -3.87. The van der Waals surface area contributed by atoms with E-state index < -0.39 is 15.9 Å². The summed E-state index contributed by atoms with van der Waals surface area (Å²) in [6.45, 7) is 1.87. The molecule has 1 saturated carbocycles. The Kier molecular flexibility index (Phi) is 8.46. The number of benzene rings is 2. The maximum Gasteiger partial charge on any atom is 0.264 e. The Morgan fingerprint density at radius 1 is 0.971 bits per heavy atom. The van der Waals surface area contributed by atoms with Crippen LogP contribution >= 0.6 is 39.1 Å². The molecule has 2 fully saturated rings. The number of nitrogens with one attached hydrogen (secondary N) is 1. The summed E-state index contributed by atoms with van der Waals surface area (Å²) >= 11 is 15.3. The summed E-state index contributed by atoms with van der Waals surface area (Å²) in [4.78, 5) is 15.2. The predicted molar refractivity (Wildman–Crippen MR) is 137 cm³/mol. The lowest BCUT2D eigenvalue weighted by molar-refractivity contribution is -0.124. The molecule has 1 aliphatic carbocycles. The normalized spacial score (nSPS) is 22.3. The Hall–Kier alpha value is -1.32. The topological polar surface area (TPSA) is 75.7 Å². The lowest BCUT2D eigenvalue weighted by Gasteiger charge is -2.40. The molecule has 1 saturated heterocycles. The Morgan fingerprint density at radius 2 is 1.68 bits per heavy atom. The van der Waals surface area contributed by atoms with Crippen LogP contribution in [0.1, 0.15) is 38.5 Å². The number of likely N-dealkylation sites (tertiary alicyclic amines) is 1. The van der Waals surface area contributed by atoms with Crippen LogP contribution in [0, 0.1) is 5.92 Å². The number of carbonyl (C=O) groups excluding carboxylic acids is 1. The summed E-state index contributed by atoms with van der Waals surface area (Å²) in [6.07, 6.45) is 5.12. The average Bonchev–Trinajstić information content (AvgIpc) is 2.82. The van der Waals surface area contributed by atoms with Gasteiger partial charge in [0, 0.05) is 35.6 Å². The monoisotopic (exact) mass is 588 g/mol. The van der Waals surface area contributed by atoms with Gasteiger partial charge in [-0.1, -0.05) is 45.2 Å². The molecule has 0 unspecified atom stereocenters. The van der Waals surface area contributed by atoms with Crippen molar-refractivity contribution >= 4 is 55.1 Å². The Balaban J connectivity index is 1.23. The van der Waals surface area contributed by atoms with Gasteiger partial charge in [0.15, 0.2) is 0 Å². The molecule has 2 aromatic rings. The van der Waals surface area contributed by atoms with E-state index in [1.807, 2.05) is 6.07 Å². The summed E-state index contributed by atoms with van der Waals surface area (Å²) in [7, 11) is -3.87. The molecule has 0 bridgehead atoms. The van der Waals surface area contributed by atoms with Crippen LogP contribution in [0.25, 0.3) is 0 Å². The van der Waals surface area contributed by atoms with Gasteiger partial charge in [-0.25, -0.2) is 13.1 Å². The van der Waals surface area contributed by atoms with Gasteiger partial charge in [-0.2, -0.15) is 0 Å². The van der Waals surface area contributed by atoms with Gasteiger partial charge in [-0.05, 0) is 68.9 Å². The molecule has 0 spiro atoms. The molecule has 0 radical (unpaired) electrons. The SMILES string of the molecule is O=C(NS(=O)(=O)c1cccc(Br)c1)[C@H]1CC[C@H](N2CCC(Oc3ccc(Cl)c(Cl)c3)CC2)CC1. The Morgan fingerprint density at radius 3 is 2.32 bits per heavy atom. The van der Waals surface area contributed by atoms with Crippen molar-refractivity contribution < 1.29 is 17.9 Å². The van der Waals surface area contributed by atoms with Crippen LogP contribution in [0.15, 0.2) is 51.8 Å². The molecule has 2 aliphatic rings. The highest BCUT2D eigenvalue weighted by molar-refractivity contribution is 9.10. The number of sulfonamides is 1. The molecule has 0 atom stereocenters. The van der Waals surface area contributed by atoms with Crippen LogP contribution in [0.4, 0.5) is 0 Å². The molecule has 1 heterocycles. The molecule has 2 aromatic carbocycles. The van der Waals surface area contributed by atoms with Crippen LogP contribution in [0.5, 0.6) is 5.75 Å². The molecule has 1 amide bonds. The third-order valence-electron chi connectivity index (χ3n) is 6.60. The van der Waals surface area contributed by atoms with E-state index >= 15 is 0 Å². The minimum absolute atomic E-state index is 0.0786. The van der Waals surface area contributed by atoms with Crippen LogP contribution < -0.4 is 9.46 Å². The first-order chi connectivity index (χ1) is 16.2. The van der Waals surface area contributed by atoms with Crippen molar-refractivity contribution in [3.8, 4) is 5.75 Å². The molecule has 10 heteroatoms. The summed E-state index contributed by atoms with van der Waals surface area (Å²) < 4.78 is 34.1. The molecule has 1 aliphatic heterocycles. The van der Waals surface area contributed by atoms with Crippen LogP contribution in [-0.2, 0) is 14.8 Å². The number of hydrogen-bond donors (Lipinski definition) is 1. The highest BCUT2D eigenvalue weighted by Crippen LogP contribution is 2.32. The highest BCUT2D eigenvalue weighted by Gasteiger charge is 2.33. The zero-order valence-corrected chi connectivity index (χ0v) is 22.5. The quantitative estimate of drug-likeness (QED) is 0.470. The molecular formula is C24H27BrCl2N2O4S. The maximum absolute atomic E-state index is 12.7. The first kappa shape index (κ1) is 25.8. The van der Waals surface area contributed by atoms with Crippen molar-refractivity contribution in [1.29, 1.82) is 0 Å². The van der Waals surface area contributed by atoms with Crippen molar-refractivity contribution in [1.82, 2.24) is 9.62 Å². The number of carbonyl (C=O) groups is 1. The van der Waals surface area contributed by atoms with Crippen LogP contribution in [0.3, 0.4) is 0 Å². The van der Waals surface area contributed by atoms with Gasteiger partial charge in [0.25, 0.3) is 10.0 Å². The summed E-state index contributed by atoms with van der Waals surface area (Å²) in [6, 6.07) is 12.1. The number of rotatable bonds is 6. The van der Waals surface area contributed by atoms with Crippen molar-refractivity contribution in [3.05, 3.63) is 57.0 Å². The predicted octanol–water partition coefficient (Wildman–Crippen LogP) is 5.66. The van der Waals surface area contributed by atoms with Crippen molar-refractivity contribution in [2.24, 2.45) is 5.92 Å². The van der Waals surface area contributed by atoms with Crippen molar-refractivity contribution in [2.75, 3.05) is 13.1 Å². The number of amides is 1. The van der Waals surface area contributed by atoms with E-state index in [2.05, 4.69) is 25.6 Å². The second kappa shape index (κ2) is 11.2. The largest absolute Gasteiger partial charge is 0.490 e. The number of nitrogens with zero attached hydrogens (tertiary/aromatic N) is 1. The third-order valence-corrected chi connectivity index (χ3v) is 9.17. The van der Waals surface area contributed by atoms with E-state index in [1.165, 1.54) is 12.1 Å². The van der Waals surface area contributed by atoms with Gasteiger partial charge >= 0.3 is 0 Å². The van der Waals surface area contributed by atoms with Gasteiger partial charge in [0.2, 0.25) is 5.91 Å². The Bertz CT molecular complexity index is 1130. The molecule has 4 rings (SSSR count). The number of piperidine rings is 1. The van der Waals surface area contributed by atoms with Crippen LogP contribution in [0.2, 0.25) is 10.0 Å². The molecule has 6 nitrogen and oxygen atoms in total. The van der Waals surface area contributed by atoms with Crippen LogP contribution in [-0.4, -0.2) is 44.5 Å². The fraction of sp³-hybridized carbons (Fsp3) is 0.458. The second-order valence-electron chi connectivity index (χ2n) is 8.86. The van der Waals surface area contributed by atoms with Gasteiger partial charge in [-0.15, -0.1) is 0 Å². The van der Waals surface area contributed by atoms with Crippen molar-refractivity contribution in [2.45, 2.75) is 55.6 Å². The molecule has 1 N–H and O–H groups in total. The van der Waals surface area contributed by atoms with Gasteiger partial charge in [-0.3, -0.25) is 4.79 Å². The summed E-state index contributed by atoms with van der Waals surface area (Å²) in [5.74, 6) is 0.0399. The van der Waals surface area contributed by atoms with Crippen molar-refractivity contribution in [3.63, 3.8) is 0 Å². The average molecular weight is 590 g/mol. The summed E-state index contributed by atoms with van der Waals surface area (Å²) in [5.41, 5.74) is 0. The fourth-order valence-corrected chi connectivity index (χ4v) is 6.64. The first-order valence-electron chi connectivity index (χ1n) is 11.4. The second-order valence-corrected chi connectivity index (χ2v) is 12.3. The lowest BCUT2D eigenvalue weighted by Crippen LogP contribution is -2.46. The van der Waals surface area contributed by atoms with Gasteiger partial charge in [0.05, 0.1) is 14.9 Å². The smallest absolute Gasteiger partial charge is 0.264 e. The molecule has 0 aromatic heterocycles. The van der Waals surface area contributed by atoms with E-state index in [9.17, 15) is 13.2 Å².